The van der Waals surface area contributed by atoms with Gasteiger partial charge in [0.1, 0.15) is 0 Å². The van der Waals surface area contributed by atoms with E-state index in [4.69, 9.17) is 0 Å². The molecule has 0 amide bonds. The molecule has 2 nitrogen and oxygen atoms in total. The molecule has 3 rings (SSSR count). The fourth-order valence-electron chi connectivity index (χ4n) is 2.53. The van der Waals surface area contributed by atoms with E-state index in [2.05, 4.69) is 47.1 Å². The molecule has 1 N–H and O–H groups in total. The lowest BCUT2D eigenvalue weighted by atomic mass is 10.1. The summed E-state index contributed by atoms with van der Waals surface area (Å²) in [7, 11) is 0. The van der Waals surface area contributed by atoms with E-state index in [0.29, 0.717) is 0 Å². The monoisotopic (exact) mass is 240 g/mol. The molecule has 1 saturated heterocycles. The first kappa shape index (κ1) is 11.4. The van der Waals surface area contributed by atoms with Gasteiger partial charge in [-0.1, -0.05) is 24.8 Å². The van der Waals surface area contributed by atoms with Gasteiger partial charge in [-0.3, -0.25) is 0 Å². The summed E-state index contributed by atoms with van der Waals surface area (Å²) in [6.07, 6.45) is 7.28. The zero-order valence-corrected chi connectivity index (χ0v) is 10.8. The first-order valence-corrected chi connectivity index (χ1v) is 6.84. The van der Waals surface area contributed by atoms with Crippen LogP contribution >= 0.6 is 0 Å². The predicted octanol–water partition coefficient (Wildman–Crippen LogP) is 3.93. The Balaban J connectivity index is 1.79. The summed E-state index contributed by atoms with van der Waals surface area (Å²) in [5.41, 5.74) is 4.92. The van der Waals surface area contributed by atoms with Crippen molar-refractivity contribution in [3.05, 3.63) is 48.2 Å². The Kier molecular flexibility index (Phi) is 3.09. The summed E-state index contributed by atoms with van der Waals surface area (Å²) < 4.78 is 0. The molecule has 0 spiro atoms. The molecule has 1 heterocycles. The van der Waals surface area contributed by atoms with Crippen LogP contribution in [-0.4, -0.2) is 13.1 Å². The molecule has 0 atom stereocenters. The number of hydrogen-bond donors (Lipinski definition) is 1. The summed E-state index contributed by atoms with van der Waals surface area (Å²) in [4.78, 5) is 2.49. The fourth-order valence-corrected chi connectivity index (χ4v) is 2.53. The molecule has 2 heteroatoms. The number of anilines is 2. The molecule has 2 aliphatic rings. The summed E-state index contributed by atoms with van der Waals surface area (Å²) in [6, 6.07) is 8.57. The Morgan fingerprint density at radius 3 is 2.56 bits per heavy atom. The minimum Gasteiger partial charge on any atom is -0.370 e. The lowest BCUT2D eigenvalue weighted by Crippen LogP contribution is -2.29. The van der Waals surface area contributed by atoms with Gasteiger partial charge in [0.05, 0.1) is 11.4 Å². The molecule has 1 aromatic carbocycles. The van der Waals surface area contributed by atoms with E-state index in [1.165, 1.54) is 49.3 Å². The van der Waals surface area contributed by atoms with Crippen molar-refractivity contribution >= 4 is 11.4 Å². The molecular formula is C16H20N2. The molecule has 0 radical (unpaired) electrons. The van der Waals surface area contributed by atoms with Crippen LogP contribution in [0.2, 0.25) is 0 Å². The Bertz CT molecular complexity index is 482. The van der Waals surface area contributed by atoms with Crippen molar-refractivity contribution in [2.45, 2.75) is 25.7 Å². The number of para-hydroxylation sites is 2. The van der Waals surface area contributed by atoms with Crippen LogP contribution in [0, 0.1) is 0 Å². The average Bonchev–Trinajstić information content (AvgIpc) is 3.25. The highest BCUT2D eigenvalue weighted by Crippen LogP contribution is 2.32. The molecule has 1 fully saturated rings. The molecule has 94 valence electrons. The average molecular weight is 240 g/mol. The second kappa shape index (κ2) is 4.89. The lowest BCUT2D eigenvalue weighted by molar-refractivity contribution is 0.578. The number of rotatable bonds is 4. The Labute approximate surface area is 109 Å². The first-order valence-electron chi connectivity index (χ1n) is 6.84. The van der Waals surface area contributed by atoms with Crippen molar-refractivity contribution < 1.29 is 0 Å². The van der Waals surface area contributed by atoms with Crippen LogP contribution in [0.3, 0.4) is 0 Å². The highest BCUT2D eigenvalue weighted by molar-refractivity contribution is 5.73. The Hall–Kier alpha value is -1.70. The van der Waals surface area contributed by atoms with E-state index in [1.54, 1.807) is 0 Å². The molecule has 0 aromatic heterocycles. The largest absolute Gasteiger partial charge is 0.370 e. The second-order valence-electron chi connectivity index (χ2n) is 5.10. The highest BCUT2D eigenvalue weighted by atomic mass is 15.1. The van der Waals surface area contributed by atoms with Gasteiger partial charge in [0.15, 0.2) is 0 Å². The maximum Gasteiger partial charge on any atom is 0.0622 e. The van der Waals surface area contributed by atoms with E-state index >= 15 is 0 Å². The maximum absolute atomic E-state index is 4.10. The number of piperidine rings is 1. The van der Waals surface area contributed by atoms with Gasteiger partial charge in [-0.15, -0.1) is 0 Å². The lowest BCUT2D eigenvalue weighted by Gasteiger charge is -2.30. The van der Waals surface area contributed by atoms with Gasteiger partial charge < -0.3 is 10.2 Å². The van der Waals surface area contributed by atoms with E-state index in [9.17, 15) is 0 Å². The van der Waals surface area contributed by atoms with Crippen LogP contribution in [0.5, 0.6) is 0 Å². The topological polar surface area (TPSA) is 15.3 Å². The Morgan fingerprint density at radius 2 is 1.83 bits per heavy atom. The standard InChI is InChI=1S/C16H20N2/c1-13(14-9-10-14)17-15-7-3-4-8-16(15)18-11-5-2-6-12-18/h3-4,7-9,17H,1-2,5-6,10-12H2. The van der Waals surface area contributed by atoms with E-state index in [0.717, 1.165) is 12.1 Å². The van der Waals surface area contributed by atoms with E-state index < -0.39 is 0 Å². The van der Waals surface area contributed by atoms with Gasteiger partial charge in [-0.05, 0) is 43.4 Å². The molecule has 0 bridgehead atoms. The van der Waals surface area contributed by atoms with Crippen LogP contribution in [0.1, 0.15) is 25.7 Å². The van der Waals surface area contributed by atoms with E-state index in [1.807, 2.05) is 0 Å². The van der Waals surface area contributed by atoms with Crippen molar-refractivity contribution in [3.63, 3.8) is 0 Å². The maximum atomic E-state index is 4.10. The predicted molar refractivity (Wildman–Crippen MR) is 78.0 cm³/mol. The molecule has 0 unspecified atom stereocenters. The van der Waals surface area contributed by atoms with Crippen LogP contribution in [0.15, 0.2) is 48.2 Å². The summed E-state index contributed by atoms with van der Waals surface area (Å²) in [5.74, 6) is 0. The summed E-state index contributed by atoms with van der Waals surface area (Å²) in [6.45, 7) is 6.45. The second-order valence-corrected chi connectivity index (χ2v) is 5.10. The van der Waals surface area contributed by atoms with Crippen molar-refractivity contribution in [2.24, 2.45) is 0 Å². The number of allylic oxidation sites excluding steroid dienone is 2. The minimum atomic E-state index is 1.06. The number of hydrogen-bond acceptors (Lipinski definition) is 2. The molecule has 18 heavy (non-hydrogen) atoms. The molecule has 1 aromatic rings. The third kappa shape index (κ3) is 2.42. The third-order valence-electron chi connectivity index (χ3n) is 3.68. The van der Waals surface area contributed by atoms with Crippen molar-refractivity contribution in [3.8, 4) is 0 Å². The quantitative estimate of drug-likeness (QED) is 0.857. The SMILES string of the molecule is C=C(Nc1ccccc1N1CCCCC1)C1=CC1. The smallest absolute Gasteiger partial charge is 0.0622 e. The normalized spacial score (nSPS) is 18.2. The summed E-state index contributed by atoms with van der Waals surface area (Å²) >= 11 is 0. The Morgan fingerprint density at radius 1 is 1.11 bits per heavy atom. The zero-order valence-electron chi connectivity index (χ0n) is 10.8. The number of nitrogens with zero attached hydrogens (tertiary/aromatic N) is 1. The van der Waals surface area contributed by atoms with Gasteiger partial charge in [0.2, 0.25) is 0 Å². The van der Waals surface area contributed by atoms with Crippen molar-refractivity contribution in [1.29, 1.82) is 0 Å². The van der Waals surface area contributed by atoms with Crippen LogP contribution in [0.4, 0.5) is 11.4 Å². The highest BCUT2D eigenvalue weighted by Gasteiger charge is 2.16. The van der Waals surface area contributed by atoms with Gasteiger partial charge in [0.25, 0.3) is 0 Å². The molecule has 1 aliphatic carbocycles. The number of nitrogens with one attached hydrogen (secondary N) is 1. The fraction of sp³-hybridized carbons (Fsp3) is 0.375. The summed E-state index contributed by atoms with van der Waals surface area (Å²) in [5, 5.41) is 3.47. The van der Waals surface area contributed by atoms with Crippen molar-refractivity contribution in [2.75, 3.05) is 23.3 Å². The van der Waals surface area contributed by atoms with Crippen molar-refractivity contribution in [1.82, 2.24) is 0 Å². The van der Waals surface area contributed by atoms with Crippen LogP contribution in [-0.2, 0) is 0 Å². The number of benzene rings is 1. The third-order valence-corrected chi connectivity index (χ3v) is 3.68. The van der Waals surface area contributed by atoms with Gasteiger partial charge in [-0.25, -0.2) is 0 Å². The van der Waals surface area contributed by atoms with Gasteiger partial charge in [-0.2, -0.15) is 0 Å². The van der Waals surface area contributed by atoms with E-state index in [-0.39, 0.29) is 0 Å². The molecule has 0 saturated carbocycles. The zero-order chi connectivity index (χ0) is 12.4. The first-order chi connectivity index (χ1) is 8.84. The van der Waals surface area contributed by atoms with Crippen LogP contribution < -0.4 is 10.2 Å². The van der Waals surface area contributed by atoms with Gasteiger partial charge >= 0.3 is 0 Å². The molecule has 1 aliphatic heterocycles. The minimum absolute atomic E-state index is 1.06. The molecular weight excluding hydrogens is 220 g/mol. The van der Waals surface area contributed by atoms with Gasteiger partial charge in [0, 0.05) is 18.8 Å². The van der Waals surface area contributed by atoms with Crippen LogP contribution in [0.25, 0.3) is 0 Å².